The first-order chi connectivity index (χ1) is 9.04. The van der Waals surface area contributed by atoms with Crippen LogP contribution in [-0.2, 0) is 17.6 Å². The zero-order valence-corrected chi connectivity index (χ0v) is 10.3. The van der Waals surface area contributed by atoms with Gasteiger partial charge in [-0.3, -0.25) is 4.79 Å². The minimum absolute atomic E-state index is 0.0314. The van der Waals surface area contributed by atoms with E-state index in [0.717, 1.165) is 6.07 Å². The van der Waals surface area contributed by atoms with Crippen LogP contribution in [0.5, 0.6) is 0 Å². The van der Waals surface area contributed by atoms with Gasteiger partial charge < -0.3 is 4.42 Å². The molecule has 0 aliphatic rings. The van der Waals surface area contributed by atoms with Gasteiger partial charge in [0.05, 0.1) is 6.42 Å². The third-order valence-corrected chi connectivity index (χ3v) is 2.60. The van der Waals surface area contributed by atoms with Crippen LogP contribution < -0.4 is 0 Å². The fraction of sp³-hybridized carbons (Fsp3) is 0.308. The van der Waals surface area contributed by atoms with Crippen LogP contribution in [0.3, 0.4) is 0 Å². The largest absolute Gasteiger partial charge is 0.425 e. The molecule has 6 heteroatoms. The predicted molar refractivity (Wildman–Crippen MR) is 62.4 cm³/mol. The fourth-order valence-corrected chi connectivity index (χ4v) is 1.66. The van der Waals surface area contributed by atoms with Gasteiger partial charge in [0.25, 0.3) is 0 Å². The molecular formula is C13H12F2N2O2. The molecule has 100 valence electrons. The molecule has 1 aromatic heterocycles. The molecule has 0 atom stereocenters. The summed E-state index contributed by atoms with van der Waals surface area (Å²) in [5.74, 6) is -0.753. The Bertz CT molecular complexity index is 596. The summed E-state index contributed by atoms with van der Waals surface area (Å²) in [5, 5.41) is 7.32. The minimum atomic E-state index is -0.638. The van der Waals surface area contributed by atoms with Crippen LogP contribution >= 0.6 is 0 Å². The molecule has 19 heavy (non-hydrogen) atoms. The Balaban J connectivity index is 1.89. The van der Waals surface area contributed by atoms with Crippen molar-refractivity contribution in [1.82, 2.24) is 10.2 Å². The zero-order chi connectivity index (χ0) is 13.8. The Morgan fingerprint density at radius 3 is 2.74 bits per heavy atom. The second kappa shape index (κ2) is 5.69. The topological polar surface area (TPSA) is 56.0 Å². The normalized spacial score (nSPS) is 10.7. The molecule has 0 saturated carbocycles. The predicted octanol–water partition coefficient (Wildman–Crippen LogP) is 2.40. The third-order valence-electron chi connectivity index (χ3n) is 2.60. The number of aromatic nitrogens is 2. The van der Waals surface area contributed by atoms with Gasteiger partial charge in [-0.1, -0.05) is 6.07 Å². The second-order valence-electron chi connectivity index (χ2n) is 4.17. The van der Waals surface area contributed by atoms with Crippen molar-refractivity contribution in [1.29, 1.82) is 0 Å². The van der Waals surface area contributed by atoms with E-state index < -0.39 is 11.6 Å². The smallest absolute Gasteiger partial charge is 0.223 e. The fourth-order valence-electron chi connectivity index (χ4n) is 1.66. The molecule has 1 aromatic carbocycles. The van der Waals surface area contributed by atoms with Gasteiger partial charge in [-0.2, -0.15) is 0 Å². The number of ketones is 1. The van der Waals surface area contributed by atoms with Gasteiger partial charge in [0.15, 0.2) is 0 Å². The number of hydrogen-bond acceptors (Lipinski definition) is 4. The van der Waals surface area contributed by atoms with Gasteiger partial charge >= 0.3 is 0 Å². The Labute approximate surface area is 108 Å². The molecule has 0 radical (unpaired) electrons. The highest BCUT2D eigenvalue weighted by Crippen LogP contribution is 2.12. The Morgan fingerprint density at radius 2 is 2.11 bits per heavy atom. The van der Waals surface area contributed by atoms with Crippen molar-refractivity contribution >= 4 is 5.78 Å². The van der Waals surface area contributed by atoms with E-state index in [2.05, 4.69) is 10.2 Å². The van der Waals surface area contributed by atoms with Crippen LogP contribution in [0.25, 0.3) is 0 Å². The number of benzene rings is 1. The van der Waals surface area contributed by atoms with E-state index in [1.165, 1.54) is 12.1 Å². The molecular weight excluding hydrogens is 254 g/mol. The summed E-state index contributed by atoms with van der Waals surface area (Å²) < 4.78 is 31.1. The van der Waals surface area contributed by atoms with Crippen molar-refractivity contribution in [3.8, 4) is 0 Å². The van der Waals surface area contributed by atoms with E-state index in [4.69, 9.17) is 4.42 Å². The third kappa shape index (κ3) is 3.67. The lowest BCUT2D eigenvalue weighted by atomic mass is 10.1. The summed E-state index contributed by atoms with van der Waals surface area (Å²) in [6, 6.07) is 3.32. The van der Waals surface area contributed by atoms with Gasteiger partial charge in [0.2, 0.25) is 11.8 Å². The minimum Gasteiger partial charge on any atom is -0.425 e. The monoisotopic (exact) mass is 266 g/mol. The maximum atomic E-state index is 13.3. The van der Waals surface area contributed by atoms with Crippen molar-refractivity contribution in [2.75, 3.05) is 0 Å². The van der Waals surface area contributed by atoms with Crippen LogP contribution in [0.2, 0.25) is 0 Å². The van der Waals surface area contributed by atoms with Crippen LogP contribution in [0, 0.1) is 18.6 Å². The number of hydrogen-bond donors (Lipinski definition) is 0. The highest BCUT2D eigenvalue weighted by molar-refractivity contribution is 5.80. The first-order valence-corrected chi connectivity index (χ1v) is 5.79. The van der Waals surface area contributed by atoms with Crippen LogP contribution in [0.1, 0.15) is 23.8 Å². The number of nitrogens with zero attached hydrogens (tertiary/aromatic N) is 2. The Morgan fingerprint density at radius 1 is 1.32 bits per heavy atom. The van der Waals surface area contributed by atoms with Crippen molar-refractivity contribution < 1.29 is 18.0 Å². The van der Waals surface area contributed by atoms with Crippen molar-refractivity contribution in [2.24, 2.45) is 0 Å². The van der Waals surface area contributed by atoms with Gasteiger partial charge in [0.1, 0.15) is 17.4 Å². The summed E-state index contributed by atoms with van der Waals surface area (Å²) in [5.41, 5.74) is 0.316. The molecule has 0 unspecified atom stereocenters. The lowest BCUT2D eigenvalue weighted by Gasteiger charge is -2.02. The first-order valence-electron chi connectivity index (χ1n) is 5.79. The summed E-state index contributed by atoms with van der Waals surface area (Å²) >= 11 is 0. The molecule has 2 rings (SSSR count). The molecule has 0 amide bonds. The molecule has 0 saturated heterocycles. The van der Waals surface area contributed by atoms with E-state index in [9.17, 15) is 13.6 Å². The van der Waals surface area contributed by atoms with E-state index in [1.807, 2.05) is 0 Å². The number of aryl methyl sites for hydroxylation is 2. The van der Waals surface area contributed by atoms with E-state index in [1.54, 1.807) is 6.92 Å². The number of halogens is 2. The SMILES string of the molecule is Cc1nnc(CC(=O)CCc2ccc(F)cc2F)o1. The lowest BCUT2D eigenvalue weighted by molar-refractivity contribution is -0.118. The molecule has 0 fully saturated rings. The molecule has 2 aromatic rings. The summed E-state index contributed by atoms with van der Waals surface area (Å²) in [6.45, 7) is 1.63. The quantitative estimate of drug-likeness (QED) is 0.833. The van der Waals surface area contributed by atoms with E-state index >= 15 is 0 Å². The number of rotatable bonds is 5. The first kappa shape index (κ1) is 13.3. The van der Waals surface area contributed by atoms with Crippen LogP contribution in [-0.4, -0.2) is 16.0 Å². The van der Waals surface area contributed by atoms with E-state index in [-0.39, 0.29) is 30.9 Å². The maximum Gasteiger partial charge on any atom is 0.223 e. The highest BCUT2D eigenvalue weighted by atomic mass is 19.1. The maximum absolute atomic E-state index is 13.3. The average molecular weight is 266 g/mol. The molecule has 4 nitrogen and oxygen atoms in total. The van der Waals surface area contributed by atoms with Crippen molar-refractivity contribution in [3.05, 3.63) is 47.2 Å². The van der Waals surface area contributed by atoms with Gasteiger partial charge in [-0.25, -0.2) is 8.78 Å². The van der Waals surface area contributed by atoms with Gasteiger partial charge in [-0.15, -0.1) is 10.2 Å². The molecule has 0 N–H and O–H groups in total. The van der Waals surface area contributed by atoms with Crippen LogP contribution in [0.4, 0.5) is 8.78 Å². The number of carbonyl (C=O) groups is 1. The Hall–Kier alpha value is -2.11. The Kier molecular flexibility index (Phi) is 3.99. The molecule has 0 spiro atoms. The zero-order valence-electron chi connectivity index (χ0n) is 10.3. The summed E-state index contributed by atoms with van der Waals surface area (Å²) in [4.78, 5) is 11.6. The van der Waals surface area contributed by atoms with Gasteiger partial charge in [0, 0.05) is 19.4 Å². The highest BCUT2D eigenvalue weighted by Gasteiger charge is 2.11. The van der Waals surface area contributed by atoms with Crippen molar-refractivity contribution in [2.45, 2.75) is 26.2 Å². The number of Topliss-reactive ketones (excluding diaryl/α,β-unsaturated/α-hetero) is 1. The van der Waals surface area contributed by atoms with Gasteiger partial charge in [-0.05, 0) is 18.1 Å². The molecule has 0 aliphatic heterocycles. The summed E-state index contributed by atoms with van der Waals surface area (Å²) in [7, 11) is 0. The van der Waals surface area contributed by atoms with E-state index in [0.29, 0.717) is 11.5 Å². The van der Waals surface area contributed by atoms with Crippen molar-refractivity contribution in [3.63, 3.8) is 0 Å². The molecule has 0 aliphatic carbocycles. The molecule has 1 heterocycles. The van der Waals surface area contributed by atoms with Crippen LogP contribution in [0.15, 0.2) is 22.6 Å². The number of carbonyl (C=O) groups excluding carboxylic acids is 1. The second-order valence-corrected chi connectivity index (χ2v) is 4.17. The standard InChI is InChI=1S/C13H12F2N2O2/c1-8-16-17-13(19-8)7-11(18)5-3-9-2-4-10(14)6-12(9)15/h2,4,6H,3,5,7H2,1H3. The average Bonchev–Trinajstić information content (AvgIpc) is 2.73. The summed E-state index contributed by atoms with van der Waals surface area (Å²) in [6.07, 6.45) is 0.395. The molecule has 0 bridgehead atoms. The lowest BCUT2D eigenvalue weighted by Crippen LogP contribution is -2.05.